The number of benzene rings is 1. The van der Waals surface area contributed by atoms with Crippen molar-refractivity contribution in [2.75, 3.05) is 5.32 Å². The topological polar surface area (TPSA) is 37.8 Å². The molecule has 1 N–H and O–H groups in total. The van der Waals surface area contributed by atoms with Gasteiger partial charge in [0.25, 0.3) is 0 Å². The minimum Gasteiger partial charge on any atom is -0.338 e. The number of hydrogen-bond acceptors (Lipinski definition) is 3. The Morgan fingerprint density at radius 1 is 1.38 bits per heavy atom. The van der Waals surface area contributed by atoms with Crippen molar-refractivity contribution in [3.05, 3.63) is 45.1 Å². The maximum absolute atomic E-state index is 12.8. The summed E-state index contributed by atoms with van der Waals surface area (Å²) < 4.78 is 13.7. The number of anilines is 2. The number of nitrogens with zero attached hydrogens (tertiary/aromatic N) is 2. The molecule has 0 saturated carbocycles. The normalized spacial score (nSPS) is 10.2. The SMILES string of the molecule is Fc1ccc(Nc2ncncc2I)c(Cl)c1. The Kier molecular flexibility index (Phi) is 3.55. The lowest BCUT2D eigenvalue weighted by atomic mass is 10.3. The molecule has 1 aromatic carbocycles. The molecule has 0 unspecified atom stereocenters. The van der Waals surface area contributed by atoms with E-state index in [1.54, 1.807) is 12.3 Å². The minimum atomic E-state index is -0.368. The lowest BCUT2D eigenvalue weighted by Gasteiger charge is -2.08. The molecule has 0 aliphatic heterocycles. The van der Waals surface area contributed by atoms with Crippen molar-refractivity contribution in [2.45, 2.75) is 0 Å². The Labute approximate surface area is 110 Å². The Morgan fingerprint density at radius 2 is 2.19 bits per heavy atom. The van der Waals surface area contributed by atoms with E-state index in [1.807, 2.05) is 0 Å². The highest BCUT2D eigenvalue weighted by Gasteiger charge is 2.05. The number of rotatable bonds is 2. The fourth-order valence-corrected chi connectivity index (χ4v) is 1.77. The predicted molar refractivity (Wildman–Crippen MR) is 69.4 cm³/mol. The van der Waals surface area contributed by atoms with E-state index in [0.29, 0.717) is 16.5 Å². The Morgan fingerprint density at radius 3 is 2.88 bits per heavy atom. The lowest BCUT2D eigenvalue weighted by Crippen LogP contribution is -1.97. The number of nitrogens with one attached hydrogen (secondary N) is 1. The summed E-state index contributed by atoms with van der Waals surface area (Å²) in [5.74, 6) is 0.275. The number of aromatic nitrogens is 2. The summed E-state index contributed by atoms with van der Waals surface area (Å²) in [6.45, 7) is 0. The largest absolute Gasteiger partial charge is 0.338 e. The molecule has 3 nitrogen and oxygen atoms in total. The molecule has 0 fully saturated rings. The Hall–Kier alpha value is -0.950. The maximum atomic E-state index is 12.8. The predicted octanol–water partition coefficient (Wildman–Crippen LogP) is 3.62. The van der Waals surface area contributed by atoms with Gasteiger partial charge in [0.2, 0.25) is 0 Å². The summed E-state index contributed by atoms with van der Waals surface area (Å²) in [7, 11) is 0. The molecule has 0 atom stereocenters. The highest BCUT2D eigenvalue weighted by Crippen LogP contribution is 2.26. The van der Waals surface area contributed by atoms with Crippen LogP contribution in [0.3, 0.4) is 0 Å². The van der Waals surface area contributed by atoms with Crippen LogP contribution >= 0.6 is 34.2 Å². The first-order valence-corrected chi connectivity index (χ1v) is 5.80. The Balaban J connectivity index is 2.31. The van der Waals surface area contributed by atoms with Gasteiger partial charge < -0.3 is 5.32 Å². The van der Waals surface area contributed by atoms with E-state index in [1.165, 1.54) is 18.5 Å². The highest BCUT2D eigenvalue weighted by molar-refractivity contribution is 14.1. The molecule has 6 heteroatoms. The summed E-state index contributed by atoms with van der Waals surface area (Å²) >= 11 is 7.98. The molecular formula is C10H6ClFIN3. The first-order valence-electron chi connectivity index (χ1n) is 4.34. The molecule has 2 rings (SSSR count). The van der Waals surface area contributed by atoms with Crippen molar-refractivity contribution in [2.24, 2.45) is 0 Å². The summed E-state index contributed by atoms with van der Waals surface area (Å²) in [6.07, 6.45) is 3.11. The molecule has 0 radical (unpaired) electrons. The van der Waals surface area contributed by atoms with Crippen molar-refractivity contribution in [3.63, 3.8) is 0 Å². The molecule has 0 bridgehead atoms. The van der Waals surface area contributed by atoms with Crippen molar-refractivity contribution < 1.29 is 4.39 Å². The van der Waals surface area contributed by atoms with Crippen LogP contribution in [0.5, 0.6) is 0 Å². The molecule has 0 aliphatic rings. The van der Waals surface area contributed by atoms with Crippen molar-refractivity contribution in [1.29, 1.82) is 0 Å². The van der Waals surface area contributed by atoms with Crippen LogP contribution in [-0.4, -0.2) is 9.97 Å². The van der Waals surface area contributed by atoms with Crippen LogP contribution in [0, 0.1) is 9.39 Å². The van der Waals surface area contributed by atoms with Gasteiger partial charge in [0, 0.05) is 6.20 Å². The fourth-order valence-electron chi connectivity index (χ4n) is 1.12. The third-order valence-corrected chi connectivity index (χ3v) is 2.95. The monoisotopic (exact) mass is 349 g/mol. The second kappa shape index (κ2) is 4.92. The third kappa shape index (κ3) is 2.59. The van der Waals surface area contributed by atoms with Crippen LogP contribution in [0.2, 0.25) is 5.02 Å². The average Bonchev–Trinajstić information content (AvgIpc) is 2.25. The van der Waals surface area contributed by atoms with E-state index < -0.39 is 0 Å². The lowest BCUT2D eigenvalue weighted by molar-refractivity contribution is 0.628. The maximum Gasteiger partial charge on any atom is 0.147 e. The second-order valence-electron chi connectivity index (χ2n) is 2.97. The molecular weight excluding hydrogens is 343 g/mol. The van der Waals surface area contributed by atoms with Gasteiger partial charge in [-0.25, -0.2) is 14.4 Å². The zero-order valence-corrected chi connectivity index (χ0v) is 10.8. The van der Waals surface area contributed by atoms with Crippen LogP contribution in [-0.2, 0) is 0 Å². The van der Waals surface area contributed by atoms with Gasteiger partial charge in [-0.2, -0.15) is 0 Å². The van der Waals surface area contributed by atoms with Crippen molar-refractivity contribution in [3.8, 4) is 0 Å². The molecule has 16 heavy (non-hydrogen) atoms. The summed E-state index contributed by atoms with van der Waals surface area (Å²) in [5.41, 5.74) is 0.611. The molecule has 1 aromatic heterocycles. The van der Waals surface area contributed by atoms with E-state index in [9.17, 15) is 4.39 Å². The smallest absolute Gasteiger partial charge is 0.147 e. The molecule has 1 heterocycles. The molecule has 0 aliphatic carbocycles. The van der Waals surface area contributed by atoms with Gasteiger partial charge >= 0.3 is 0 Å². The molecule has 0 amide bonds. The van der Waals surface area contributed by atoms with E-state index in [4.69, 9.17) is 11.6 Å². The van der Waals surface area contributed by atoms with E-state index in [0.717, 1.165) is 3.57 Å². The van der Waals surface area contributed by atoms with Gasteiger partial charge in [-0.3, -0.25) is 0 Å². The van der Waals surface area contributed by atoms with Gasteiger partial charge in [-0.15, -0.1) is 0 Å². The van der Waals surface area contributed by atoms with Crippen molar-refractivity contribution >= 4 is 45.7 Å². The van der Waals surface area contributed by atoms with Crippen molar-refractivity contribution in [1.82, 2.24) is 9.97 Å². The van der Waals surface area contributed by atoms with E-state index >= 15 is 0 Å². The Bertz CT molecular complexity index is 521. The first-order chi connectivity index (χ1) is 7.66. The van der Waals surface area contributed by atoms with Crippen LogP contribution in [0.4, 0.5) is 15.9 Å². The quantitative estimate of drug-likeness (QED) is 0.842. The van der Waals surface area contributed by atoms with E-state index in [2.05, 4.69) is 37.9 Å². The first kappa shape index (κ1) is 11.5. The number of hydrogen-bond donors (Lipinski definition) is 1. The summed E-state index contributed by atoms with van der Waals surface area (Å²) in [6, 6.07) is 4.15. The van der Waals surface area contributed by atoms with E-state index in [-0.39, 0.29) is 5.82 Å². The minimum absolute atomic E-state index is 0.314. The standard InChI is InChI=1S/C10H6ClFIN3/c11-7-3-6(12)1-2-9(7)16-10-8(13)4-14-5-15-10/h1-5H,(H,14,15,16). The van der Waals surface area contributed by atoms with Crippen LogP contribution < -0.4 is 5.32 Å². The van der Waals surface area contributed by atoms with Gasteiger partial charge in [0.1, 0.15) is 18.0 Å². The molecule has 2 aromatic rings. The molecule has 0 spiro atoms. The van der Waals surface area contributed by atoms with Gasteiger partial charge in [0.05, 0.1) is 14.3 Å². The van der Waals surface area contributed by atoms with Crippen LogP contribution in [0.15, 0.2) is 30.7 Å². The zero-order valence-electron chi connectivity index (χ0n) is 7.92. The molecule has 82 valence electrons. The fraction of sp³-hybridized carbons (Fsp3) is 0. The zero-order chi connectivity index (χ0) is 11.5. The van der Waals surface area contributed by atoms with Gasteiger partial charge in [0.15, 0.2) is 0 Å². The summed E-state index contributed by atoms with van der Waals surface area (Å²) in [5, 5.41) is 3.32. The summed E-state index contributed by atoms with van der Waals surface area (Å²) in [4.78, 5) is 7.93. The van der Waals surface area contributed by atoms with Crippen LogP contribution in [0.1, 0.15) is 0 Å². The molecule has 0 saturated heterocycles. The third-order valence-electron chi connectivity index (χ3n) is 1.85. The highest BCUT2D eigenvalue weighted by atomic mass is 127. The second-order valence-corrected chi connectivity index (χ2v) is 4.54. The average molecular weight is 350 g/mol. The van der Waals surface area contributed by atoms with Gasteiger partial charge in [-0.05, 0) is 40.8 Å². The van der Waals surface area contributed by atoms with Crippen LogP contribution in [0.25, 0.3) is 0 Å². The van der Waals surface area contributed by atoms with Gasteiger partial charge in [-0.1, -0.05) is 11.6 Å². The number of halogens is 3.